The van der Waals surface area contributed by atoms with Crippen LogP contribution in [0.5, 0.6) is 0 Å². The first-order chi connectivity index (χ1) is 12.0. The van der Waals surface area contributed by atoms with Crippen molar-refractivity contribution < 1.29 is 13.2 Å². The summed E-state index contributed by atoms with van der Waals surface area (Å²) in [6.07, 6.45) is 3.36. The molecule has 0 spiro atoms. The zero-order valence-electron chi connectivity index (χ0n) is 15.0. The van der Waals surface area contributed by atoms with E-state index in [1.54, 1.807) is 7.05 Å². The van der Waals surface area contributed by atoms with E-state index in [-0.39, 0.29) is 0 Å². The fourth-order valence-corrected chi connectivity index (χ4v) is 4.91. The summed E-state index contributed by atoms with van der Waals surface area (Å²) in [5, 5.41) is 3.33. The Hall–Kier alpha value is -1.60. The number of ether oxygens (including phenoxy) is 1. The lowest BCUT2D eigenvalue weighted by Crippen LogP contribution is -2.54. The van der Waals surface area contributed by atoms with E-state index in [1.165, 1.54) is 17.4 Å². The summed E-state index contributed by atoms with van der Waals surface area (Å²) >= 11 is 0. The lowest BCUT2D eigenvalue weighted by atomic mass is 9.98. The van der Waals surface area contributed by atoms with Gasteiger partial charge in [-0.3, -0.25) is 4.99 Å². The number of guanidine groups is 1. The molecule has 0 unspecified atom stereocenters. The van der Waals surface area contributed by atoms with Gasteiger partial charge in [0.1, 0.15) is 0 Å². The van der Waals surface area contributed by atoms with E-state index >= 15 is 0 Å². The lowest BCUT2D eigenvalue weighted by molar-refractivity contribution is 0.0754. The van der Waals surface area contributed by atoms with E-state index in [0.717, 1.165) is 25.5 Å². The van der Waals surface area contributed by atoms with Crippen molar-refractivity contribution in [3.8, 4) is 0 Å². The summed E-state index contributed by atoms with van der Waals surface area (Å²) in [5.41, 5.74) is 2.69. The van der Waals surface area contributed by atoms with Crippen molar-refractivity contribution in [2.45, 2.75) is 30.6 Å². The molecule has 0 radical (unpaired) electrons. The molecule has 6 nitrogen and oxygen atoms in total. The highest BCUT2D eigenvalue weighted by atomic mass is 32.2. The van der Waals surface area contributed by atoms with Crippen LogP contribution >= 0.6 is 0 Å². The predicted octanol–water partition coefficient (Wildman–Crippen LogP) is 1.21. The van der Waals surface area contributed by atoms with Gasteiger partial charge in [0.25, 0.3) is 0 Å². The number of hydrogen-bond acceptors (Lipinski definition) is 4. The van der Waals surface area contributed by atoms with Crippen molar-refractivity contribution in [3.63, 3.8) is 0 Å². The van der Waals surface area contributed by atoms with Gasteiger partial charge in [-0.15, -0.1) is 0 Å². The molecule has 1 fully saturated rings. The van der Waals surface area contributed by atoms with E-state index in [1.807, 2.05) is 0 Å². The van der Waals surface area contributed by atoms with Crippen LogP contribution < -0.4 is 5.32 Å². The third kappa shape index (κ3) is 3.82. The van der Waals surface area contributed by atoms with Gasteiger partial charge in [0.15, 0.2) is 15.8 Å². The zero-order chi connectivity index (χ0) is 17.9. The molecular formula is C18H27N3O3S. The molecule has 3 rings (SSSR count). The van der Waals surface area contributed by atoms with Crippen LogP contribution in [0.2, 0.25) is 0 Å². The molecule has 1 aromatic carbocycles. The van der Waals surface area contributed by atoms with Crippen molar-refractivity contribution in [3.05, 3.63) is 35.4 Å². The zero-order valence-corrected chi connectivity index (χ0v) is 15.8. The first-order valence-corrected chi connectivity index (χ1v) is 10.6. The maximum atomic E-state index is 12.4. The molecule has 2 heterocycles. The van der Waals surface area contributed by atoms with Gasteiger partial charge in [0, 0.05) is 46.2 Å². The second-order valence-corrected chi connectivity index (χ2v) is 9.32. The Balaban J connectivity index is 1.71. The Morgan fingerprint density at radius 2 is 1.96 bits per heavy atom. The van der Waals surface area contributed by atoms with Crippen molar-refractivity contribution in [2.24, 2.45) is 4.99 Å². The quantitative estimate of drug-likeness (QED) is 0.644. The minimum absolute atomic E-state index is 0.375. The lowest BCUT2D eigenvalue weighted by Gasteiger charge is -2.38. The van der Waals surface area contributed by atoms with Crippen LogP contribution in [-0.4, -0.2) is 63.6 Å². The maximum Gasteiger partial charge on any atom is 0.194 e. The number of hydrogen-bond donors (Lipinski definition) is 1. The van der Waals surface area contributed by atoms with Crippen molar-refractivity contribution >= 4 is 15.8 Å². The molecule has 1 aromatic rings. The third-order valence-electron chi connectivity index (χ3n) is 5.40. The highest BCUT2D eigenvalue weighted by Gasteiger charge is 2.42. The summed E-state index contributed by atoms with van der Waals surface area (Å²) in [6, 6.07) is 8.44. The van der Waals surface area contributed by atoms with E-state index in [2.05, 4.69) is 39.5 Å². The SMILES string of the molecule is CN=C(NCC1(S(C)(=O)=O)CCOCC1)N1CCc2ccccc2C1. The number of aliphatic imine (C=N–C) groups is 1. The molecule has 0 aromatic heterocycles. The van der Waals surface area contributed by atoms with E-state index in [9.17, 15) is 8.42 Å². The van der Waals surface area contributed by atoms with Gasteiger partial charge >= 0.3 is 0 Å². The summed E-state index contributed by atoms with van der Waals surface area (Å²) in [7, 11) is -1.44. The van der Waals surface area contributed by atoms with Gasteiger partial charge in [0.2, 0.25) is 0 Å². The average Bonchev–Trinajstić information content (AvgIpc) is 2.62. The first kappa shape index (κ1) is 18.2. The first-order valence-electron chi connectivity index (χ1n) is 8.75. The fourth-order valence-electron chi connectivity index (χ4n) is 3.67. The van der Waals surface area contributed by atoms with Crippen LogP contribution in [0.4, 0.5) is 0 Å². The fraction of sp³-hybridized carbons (Fsp3) is 0.611. The van der Waals surface area contributed by atoms with Crippen molar-refractivity contribution in [1.29, 1.82) is 0 Å². The molecule has 0 amide bonds. The monoisotopic (exact) mass is 365 g/mol. The Labute approximate surface area is 150 Å². The molecule has 0 bridgehead atoms. The summed E-state index contributed by atoms with van der Waals surface area (Å²) < 4.78 is 29.4. The second-order valence-electron chi connectivity index (χ2n) is 6.91. The molecule has 1 saturated heterocycles. The molecule has 25 heavy (non-hydrogen) atoms. The number of benzene rings is 1. The predicted molar refractivity (Wildman–Crippen MR) is 99.5 cm³/mol. The minimum atomic E-state index is -3.19. The molecular weight excluding hydrogens is 338 g/mol. The Morgan fingerprint density at radius 3 is 2.60 bits per heavy atom. The average molecular weight is 365 g/mol. The van der Waals surface area contributed by atoms with Crippen LogP contribution in [0.3, 0.4) is 0 Å². The Morgan fingerprint density at radius 1 is 1.28 bits per heavy atom. The van der Waals surface area contributed by atoms with E-state index < -0.39 is 14.6 Å². The summed E-state index contributed by atoms with van der Waals surface area (Å²) in [5.74, 6) is 0.768. The van der Waals surface area contributed by atoms with Gasteiger partial charge in [-0.2, -0.15) is 0 Å². The van der Waals surface area contributed by atoms with Gasteiger partial charge in [0.05, 0.1) is 4.75 Å². The largest absolute Gasteiger partial charge is 0.381 e. The van der Waals surface area contributed by atoms with E-state index in [0.29, 0.717) is 32.6 Å². The van der Waals surface area contributed by atoms with Crippen LogP contribution in [0.15, 0.2) is 29.3 Å². The van der Waals surface area contributed by atoms with Crippen LogP contribution in [0, 0.1) is 0 Å². The van der Waals surface area contributed by atoms with Gasteiger partial charge < -0.3 is 15.0 Å². The number of fused-ring (bicyclic) bond motifs is 1. The Bertz CT molecular complexity index is 740. The standard InChI is InChI=1S/C18H27N3O3S/c1-19-17(21-10-7-15-5-3-4-6-16(15)13-21)20-14-18(25(2,22)23)8-11-24-12-9-18/h3-6H,7-14H2,1-2H3,(H,19,20). The molecule has 2 aliphatic rings. The molecule has 1 N–H and O–H groups in total. The van der Waals surface area contributed by atoms with Crippen LogP contribution in [0.1, 0.15) is 24.0 Å². The molecule has 2 aliphatic heterocycles. The minimum Gasteiger partial charge on any atom is -0.381 e. The van der Waals surface area contributed by atoms with Gasteiger partial charge in [-0.05, 0) is 30.4 Å². The topological polar surface area (TPSA) is 71.0 Å². The molecule has 138 valence electrons. The molecule has 0 atom stereocenters. The third-order valence-corrected chi connectivity index (χ3v) is 7.53. The molecule has 0 aliphatic carbocycles. The highest BCUT2D eigenvalue weighted by Crippen LogP contribution is 2.29. The Kier molecular flexibility index (Phi) is 5.34. The number of nitrogens with one attached hydrogen (secondary N) is 1. The molecule has 0 saturated carbocycles. The van der Waals surface area contributed by atoms with Crippen molar-refractivity contribution in [2.75, 3.05) is 39.6 Å². The number of sulfone groups is 1. The molecule has 7 heteroatoms. The normalized spacial score (nSPS) is 20.9. The van der Waals surface area contributed by atoms with E-state index in [4.69, 9.17) is 4.74 Å². The number of nitrogens with zero attached hydrogens (tertiary/aromatic N) is 2. The highest BCUT2D eigenvalue weighted by molar-refractivity contribution is 7.92. The second kappa shape index (κ2) is 7.33. The van der Waals surface area contributed by atoms with Crippen LogP contribution in [0.25, 0.3) is 0 Å². The van der Waals surface area contributed by atoms with Crippen LogP contribution in [-0.2, 0) is 27.5 Å². The smallest absolute Gasteiger partial charge is 0.194 e. The summed E-state index contributed by atoms with van der Waals surface area (Å²) in [4.78, 5) is 6.58. The summed E-state index contributed by atoms with van der Waals surface area (Å²) in [6.45, 7) is 3.03. The number of rotatable bonds is 3. The van der Waals surface area contributed by atoms with Crippen molar-refractivity contribution in [1.82, 2.24) is 10.2 Å². The maximum absolute atomic E-state index is 12.4. The van der Waals surface area contributed by atoms with Gasteiger partial charge in [-0.1, -0.05) is 24.3 Å². The van der Waals surface area contributed by atoms with Gasteiger partial charge in [-0.25, -0.2) is 8.42 Å².